The van der Waals surface area contributed by atoms with Gasteiger partial charge in [-0.2, -0.15) is 0 Å². The van der Waals surface area contributed by atoms with Crippen molar-refractivity contribution in [2.75, 3.05) is 23.7 Å². The molecule has 0 radical (unpaired) electrons. The van der Waals surface area contributed by atoms with Crippen LogP contribution in [0.4, 0.5) is 5.69 Å². The molecule has 0 aromatic heterocycles. The molecule has 8 heteroatoms. The molecule has 0 saturated carbocycles. The standard InChI is InChI=1S/C17H22N2O4S2/c1-14-7-6-9-16(13-14)19(24(3,20)21)12-11-18-25(22,23)17-10-5-4-8-15(17)2/h4-10,13,18H,11-12H2,1-3H3. The maximum atomic E-state index is 12.4. The zero-order valence-corrected chi connectivity index (χ0v) is 16.1. The highest BCUT2D eigenvalue weighted by Gasteiger charge is 2.20. The molecule has 136 valence electrons. The lowest BCUT2D eigenvalue weighted by Gasteiger charge is -2.23. The van der Waals surface area contributed by atoms with Crippen molar-refractivity contribution in [3.63, 3.8) is 0 Å². The summed E-state index contributed by atoms with van der Waals surface area (Å²) in [6.45, 7) is 3.56. The molecule has 2 aromatic rings. The largest absolute Gasteiger partial charge is 0.269 e. The molecule has 0 fully saturated rings. The molecule has 25 heavy (non-hydrogen) atoms. The van der Waals surface area contributed by atoms with Gasteiger partial charge in [0.05, 0.1) is 16.8 Å². The van der Waals surface area contributed by atoms with Crippen LogP contribution in [0.15, 0.2) is 53.4 Å². The predicted molar refractivity (Wildman–Crippen MR) is 99.7 cm³/mol. The topological polar surface area (TPSA) is 83.6 Å². The number of nitrogens with zero attached hydrogens (tertiary/aromatic N) is 1. The predicted octanol–water partition coefficient (Wildman–Crippen LogP) is 2.05. The monoisotopic (exact) mass is 382 g/mol. The van der Waals surface area contributed by atoms with Crippen molar-refractivity contribution in [2.24, 2.45) is 0 Å². The number of benzene rings is 2. The third kappa shape index (κ3) is 5.04. The van der Waals surface area contributed by atoms with E-state index in [1.54, 1.807) is 43.3 Å². The Balaban J connectivity index is 2.16. The van der Waals surface area contributed by atoms with Crippen LogP contribution >= 0.6 is 0 Å². The molecule has 2 rings (SSSR count). The van der Waals surface area contributed by atoms with Gasteiger partial charge in [0.15, 0.2) is 0 Å². The van der Waals surface area contributed by atoms with E-state index in [9.17, 15) is 16.8 Å². The first-order valence-corrected chi connectivity index (χ1v) is 11.0. The van der Waals surface area contributed by atoms with Gasteiger partial charge in [-0.05, 0) is 43.2 Å². The van der Waals surface area contributed by atoms with Crippen LogP contribution in [0.1, 0.15) is 11.1 Å². The molecule has 0 aliphatic heterocycles. The number of nitrogens with one attached hydrogen (secondary N) is 1. The molecule has 6 nitrogen and oxygen atoms in total. The van der Waals surface area contributed by atoms with Gasteiger partial charge in [-0.15, -0.1) is 0 Å². The van der Waals surface area contributed by atoms with Crippen LogP contribution in [0, 0.1) is 13.8 Å². The van der Waals surface area contributed by atoms with Crippen LogP contribution in [-0.4, -0.2) is 36.2 Å². The highest BCUT2D eigenvalue weighted by molar-refractivity contribution is 7.92. The summed E-state index contributed by atoms with van der Waals surface area (Å²) in [5.41, 5.74) is 2.07. The molecule has 0 spiro atoms. The minimum atomic E-state index is -3.69. The van der Waals surface area contributed by atoms with E-state index in [2.05, 4.69) is 4.72 Å². The molecule has 0 heterocycles. The molecule has 0 saturated heterocycles. The first-order chi connectivity index (χ1) is 11.6. The van der Waals surface area contributed by atoms with E-state index >= 15 is 0 Å². The summed E-state index contributed by atoms with van der Waals surface area (Å²) in [5, 5.41) is 0. The zero-order valence-electron chi connectivity index (χ0n) is 14.4. The van der Waals surface area contributed by atoms with E-state index in [1.807, 2.05) is 13.0 Å². The summed E-state index contributed by atoms with van der Waals surface area (Å²) in [4.78, 5) is 0.191. The normalized spacial score (nSPS) is 12.1. The van der Waals surface area contributed by atoms with Crippen molar-refractivity contribution < 1.29 is 16.8 Å². The maximum Gasteiger partial charge on any atom is 0.240 e. The molecule has 1 N–H and O–H groups in total. The number of anilines is 1. The summed E-state index contributed by atoms with van der Waals surface area (Å²) >= 11 is 0. The van der Waals surface area contributed by atoms with E-state index in [4.69, 9.17) is 0 Å². The Hall–Kier alpha value is -1.90. The average molecular weight is 383 g/mol. The van der Waals surface area contributed by atoms with Crippen molar-refractivity contribution in [3.8, 4) is 0 Å². The van der Waals surface area contributed by atoms with E-state index in [0.29, 0.717) is 11.3 Å². The highest BCUT2D eigenvalue weighted by atomic mass is 32.2. The van der Waals surface area contributed by atoms with Gasteiger partial charge >= 0.3 is 0 Å². The van der Waals surface area contributed by atoms with E-state index in [-0.39, 0.29) is 18.0 Å². The fraction of sp³-hybridized carbons (Fsp3) is 0.294. The van der Waals surface area contributed by atoms with E-state index in [0.717, 1.165) is 11.8 Å². The van der Waals surface area contributed by atoms with Gasteiger partial charge in [0.2, 0.25) is 20.0 Å². The second-order valence-electron chi connectivity index (χ2n) is 5.84. The smallest absolute Gasteiger partial charge is 0.240 e. The number of hydrogen-bond donors (Lipinski definition) is 1. The van der Waals surface area contributed by atoms with Crippen LogP contribution in [0.5, 0.6) is 0 Å². The molecule has 0 aliphatic rings. The Bertz CT molecular complexity index is 954. The Labute approximate surface area is 149 Å². The minimum absolute atomic E-state index is 0.00734. The molecule has 0 bridgehead atoms. The molecule has 0 aliphatic carbocycles. The molecule has 0 unspecified atom stereocenters. The lowest BCUT2D eigenvalue weighted by Crippen LogP contribution is -2.38. The Morgan fingerprint density at radius 2 is 1.64 bits per heavy atom. The van der Waals surface area contributed by atoms with Gasteiger partial charge in [-0.3, -0.25) is 4.31 Å². The molecule has 2 aromatic carbocycles. The summed E-state index contributed by atoms with van der Waals surface area (Å²) in [7, 11) is -7.22. The number of hydrogen-bond acceptors (Lipinski definition) is 4. The Morgan fingerprint density at radius 1 is 0.960 bits per heavy atom. The van der Waals surface area contributed by atoms with E-state index in [1.165, 1.54) is 10.4 Å². The van der Waals surface area contributed by atoms with Crippen LogP contribution < -0.4 is 9.03 Å². The van der Waals surface area contributed by atoms with Crippen molar-refractivity contribution in [1.82, 2.24) is 4.72 Å². The summed E-state index contributed by atoms with van der Waals surface area (Å²) in [6.07, 6.45) is 1.10. The first kappa shape index (κ1) is 19.4. The number of sulfonamides is 2. The summed E-state index contributed by atoms with van der Waals surface area (Å²) in [5.74, 6) is 0. The lowest BCUT2D eigenvalue weighted by molar-refractivity contribution is 0.578. The number of aryl methyl sites for hydroxylation is 2. The second kappa shape index (κ2) is 7.55. The first-order valence-electron chi connectivity index (χ1n) is 7.71. The van der Waals surface area contributed by atoms with Gasteiger partial charge in [0.1, 0.15) is 0 Å². The van der Waals surface area contributed by atoms with Crippen molar-refractivity contribution in [2.45, 2.75) is 18.7 Å². The van der Waals surface area contributed by atoms with Crippen molar-refractivity contribution in [1.29, 1.82) is 0 Å². The number of rotatable bonds is 7. The van der Waals surface area contributed by atoms with Gasteiger partial charge < -0.3 is 0 Å². The van der Waals surface area contributed by atoms with Crippen molar-refractivity contribution in [3.05, 3.63) is 59.7 Å². The van der Waals surface area contributed by atoms with Crippen molar-refractivity contribution >= 4 is 25.7 Å². The molecule has 0 amide bonds. The van der Waals surface area contributed by atoms with Gasteiger partial charge in [0.25, 0.3) is 0 Å². The quantitative estimate of drug-likeness (QED) is 0.794. The van der Waals surface area contributed by atoms with E-state index < -0.39 is 20.0 Å². The summed E-state index contributed by atoms with van der Waals surface area (Å²) in [6, 6.07) is 13.7. The average Bonchev–Trinajstić information content (AvgIpc) is 2.50. The second-order valence-corrected chi connectivity index (χ2v) is 9.48. The van der Waals surface area contributed by atoms with Gasteiger partial charge in [-0.1, -0.05) is 30.3 Å². The lowest BCUT2D eigenvalue weighted by atomic mass is 10.2. The van der Waals surface area contributed by atoms with Crippen LogP contribution in [-0.2, 0) is 20.0 Å². The minimum Gasteiger partial charge on any atom is -0.269 e. The Kier molecular flexibility index (Phi) is 5.87. The Morgan fingerprint density at radius 3 is 2.24 bits per heavy atom. The molecule has 0 atom stereocenters. The highest BCUT2D eigenvalue weighted by Crippen LogP contribution is 2.19. The molecular weight excluding hydrogens is 360 g/mol. The molecular formula is C17H22N2O4S2. The SMILES string of the molecule is Cc1cccc(N(CCNS(=O)(=O)c2ccccc2C)S(C)(=O)=O)c1. The van der Waals surface area contributed by atoms with Crippen LogP contribution in [0.25, 0.3) is 0 Å². The van der Waals surface area contributed by atoms with Crippen LogP contribution in [0.3, 0.4) is 0 Å². The third-order valence-electron chi connectivity index (χ3n) is 3.68. The fourth-order valence-electron chi connectivity index (χ4n) is 2.49. The zero-order chi connectivity index (χ0) is 18.7. The fourth-order valence-corrected chi connectivity index (χ4v) is 4.67. The maximum absolute atomic E-state index is 12.4. The summed E-state index contributed by atoms with van der Waals surface area (Å²) < 4.78 is 52.6. The van der Waals surface area contributed by atoms with Gasteiger partial charge in [-0.25, -0.2) is 21.6 Å². The van der Waals surface area contributed by atoms with Gasteiger partial charge in [0, 0.05) is 13.1 Å². The van der Waals surface area contributed by atoms with Crippen LogP contribution in [0.2, 0.25) is 0 Å². The third-order valence-corrected chi connectivity index (χ3v) is 6.50.